The number of carbonyl (C=O) groups excluding carboxylic acids is 1. The highest BCUT2D eigenvalue weighted by Gasteiger charge is 2.14. The standard InChI is InChI=1S/C13H19NO4S/c1-4-10(15)8-14-13(16)12-7-11(19(3,17)18)6-5-9(12)2/h5-7,10,15H,4,8H2,1-3H3,(H,14,16). The van der Waals surface area contributed by atoms with Crippen molar-refractivity contribution in [2.24, 2.45) is 0 Å². The fraction of sp³-hybridized carbons (Fsp3) is 0.462. The summed E-state index contributed by atoms with van der Waals surface area (Å²) in [5.74, 6) is -0.379. The maximum Gasteiger partial charge on any atom is 0.251 e. The van der Waals surface area contributed by atoms with Gasteiger partial charge in [0.1, 0.15) is 0 Å². The van der Waals surface area contributed by atoms with Crippen LogP contribution in [0.1, 0.15) is 29.3 Å². The van der Waals surface area contributed by atoms with Gasteiger partial charge in [-0.2, -0.15) is 0 Å². The molecule has 0 bridgehead atoms. The van der Waals surface area contributed by atoms with Gasteiger partial charge in [-0.1, -0.05) is 13.0 Å². The lowest BCUT2D eigenvalue weighted by atomic mass is 10.1. The lowest BCUT2D eigenvalue weighted by molar-refractivity contribution is 0.0913. The summed E-state index contributed by atoms with van der Waals surface area (Å²) in [6.07, 6.45) is 1.05. The Balaban J connectivity index is 2.96. The number of aliphatic hydroxyl groups is 1. The number of sulfone groups is 1. The largest absolute Gasteiger partial charge is 0.391 e. The summed E-state index contributed by atoms with van der Waals surface area (Å²) in [6, 6.07) is 4.43. The molecule has 1 atom stereocenters. The number of carbonyl (C=O) groups is 1. The number of hydrogen-bond donors (Lipinski definition) is 2. The SMILES string of the molecule is CCC(O)CNC(=O)c1cc(S(C)(=O)=O)ccc1C. The fourth-order valence-electron chi connectivity index (χ4n) is 1.53. The third-order valence-corrected chi connectivity index (χ3v) is 3.96. The third-order valence-electron chi connectivity index (χ3n) is 2.85. The molecule has 19 heavy (non-hydrogen) atoms. The Hall–Kier alpha value is -1.40. The molecule has 1 rings (SSSR count). The van der Waals surface area contributed by atoms with Gasteiger partial charge in [0.15, 0.2) is 9.84 Å². The highest BCUT2D eigenvalue weighted by Crippen LogP contribution is 2.15. The molecule has 0 fully saturated rings. The van der Waals surface area contributed by atoms with Gasteiger partial charge in [0.05, 0.1) is 11.0 Å². The van der Waals surface area contributed by atoms with E-state index in [1.807, 2.05) is 6.92 Å². The second kappa shape index (κ2) is 6.16. The summed E-state index contributed by atoms with van der Waals surface area (Å²) in [6.45, 7) is 3.70. The van der Waals surface area contributed by atoms with Crippen molar-refractivity contribution in [2.45, 2.75) is 31.3 Å². The molecule has 2 N–H and O–H groups in total. The first-order valence-corrected chi connectivity index (χ1v) is 7.91. The molecule has 0 radical (unpaired) electrons. The normalized spacial score (nSPS) is 13.1. The molecule has 0 aromatic heterocycles. The molecule has 0 heterocycles. The molecule has 1 unspecified atom stereocenters. The smallest absolute Gasteiger partial charge is 0.251 e. The summed E-state index contributed by atoms with van der Waals surface area (Å²) in [5.41, 5.74) is 1.00. The summed E-state index contributed by atoms with van der Waals surface area (Å²) >= 11 is 0. The Kier molecular flexibility index (Phi) is 5.08. The van der Waals surface area contributed by atoms with Gasteiger partial charge in [-0.25, -0.2) is 8.42 Å². The number of nitrogens with one attached hydrogen (secondary N) is 1. The zero-order valence-electron chi connectivity index (χ0n) is 11.3. The Morgan fingerprint density at radius 3 is 2.58 bits per heavy atom. The van der Waals surface area contributed by atoms with E-state index >= 15 is 0 Å². The van der Waals surface area contributed by atoms with Crippen molar-refractivity contribution in [1.29, 1.82) is 0 Å². The van der Waals surface area contributed by atoms with Crippen molar-refractivity contribution in [1.82, 2.24) is 5.32 Å². The average Bonchev–Trinajstić information content (AvgIpc) is 2.34. The predicted octanol–water partition coefficient (Wildman–Crippen LogP) is 0.899. The van der Waals surface area contributed by atoms with Crippen LogP contribution in [0.2, 0.25) is 0 Å². The molecular weight excluding hydrogens is 266 g/mol. The van der Waals surface area contributed by atoms with Gasteiger partial charge in [-0.3, -0.25) is 4.79 Å². The quantitative estimate of drug-likeness (QED) is 0.842. The van der Waals surface area contributed by atoms with E-state index < -0.39 is 15.9 Å². The van der Waals surface area contributed by atoms with E-state index in [1.165, 1.54) is 12.1 Å². The molecule has 5 nitrogen and oxygen atoms in total. The number of hydrogen-bond acceptors (Lipinski definition) is 4. The first-order valence-electron chi connectivity index (χ1n) is 6.02. The monoisotopic (exact) mass is 285 g/mol. The van der Waals surface area contributed by atoms with Crippen LogP contribution in [0.15, 0.2) is 23.1 Å². The van der Waals surface area contributed by atoms with Gasteiger partial charge in [-0.15, -0.1) is 0 Å². The topological polar surface area (TPSA) is 83.5 Å². The molecule has 0 aliphatic heterocycles. The maximum atomic E-state index is 11.9. The predicted molar refractivity (Wildman–Crippen MR) is 72.9 cm³/mol. The van der Waals surface area contributed by atoms with E-state index in [9.17, 15) is 18.3 Å². The number of rotatable bonds is 5. The van der Waals surface area contributed by atoms with Crippen LogP contribution in [0.3, 0.4) is 0 Å². The molecular formula is C13H19NO4S. The first-order chi connectivity index (χ1) is 8.75. The van der Waals surface area contributed by atoms with Crippen LogP contribution in [0.25, 0.3) is 0 Å². The van der Waals surface area contributed by atoms with E-state index in [4.69, 9.17) is 0 Å². The van der Waals surface area contributed by atoms with Crippen LogP contribution in [0.4, 0.5) is 0 Å². The van der Waals surface area contributed by atoms with E-state index in [-0.39, 0.29) is 17.3 Å². The van der Waals surface area contributed by atoms with Crippen LogP contribution in [0, 0.1) is 6.92 Å². The molecule has 0 saturated carbocycles. The molecule has 0 saturated heterocycles. The number of aryl methyl sites for hydroxylation is 1. The Morgan fingerprint density at radius 2 is 2.05 bits per heavy atom. The Bertz CT molecular complexity index is 566. The summed E-state index contributed by atoms with van der Waals surface area (Å²) < 4.78 is 22.9. The van der Waals surface area contributed by atoms with Crippen molar-refractivity contribution >= 4 is 15.7 Å². The second-order valence-electron chi connectivity index (χ2n) is 4.52. The third kappa shape index (κ3) is 4.33. The molecule has 0 aliphatic carbocycles. The van der Waals surface area contributed by atoms with Gasteiger partial charge in [0.2, 0.25) is 0 Å². The minimum atomic E-state index is -3.34. The van der Waals surface area contributed by atoms with Gasteiger partial charge in [-0.05, 0) is 31.0 Å². The fourth-order valence-corrected chi connectivity index (χ4v) is 2.17. The van der Waals surface area contributed by atoms with Crippen LogP contribution in [-0.4, -0.2) is 38.3 Å². The highest BCUT2D eigenvalue weighted by molar-refractivity contribution is 7.90. The Morgan fingerprint density at radius 1 is 1.42 bits per heavy atom. The van der Waals surface area contributed by atoms with Crippen LogP contribution in [-0.2, 0) is 9.84 Å². The van der Waals surface area contributed by atoms with Gasteiger partial charge < -0.3 is 10.4 Å². The molecule has 1 amide bonds. The van der Waals surface area contributed by atoms with E-state index in [0.29, 0.717) is 17.5 Å². The maximum absolute atomic E-state index is 11.9. The minimum Gasteiger partial charge on any atom is -0.391 e. The zero-order chi connectivity index (χ0) is 14.6. The van der Waals surface area contributed by atoms with Crippen LogP contribution >= 0.6 is 0 Å². The Labute approximate surface area is 113 Å². The lowest BCUT2D eigenvalue weighted by Crippen LogP contribution is -2.32. The zero-order valence-corrected chi connectivity index (χ0v) is 12.1. The van der Waals surface area contributed by atoms with Crippen molar-refractivity contribution in [3.05, 3.63) is 29.3 Å². The van der Waals surface area contributed by atoms with Gasteiger partial charge >= 0.3 is 0 Å². The molecule has 6 heteroatoms. The van der Waals surface area contributed by atoms with E-state index in [2.05, 4.69) is 5.32 Å². The molecule has 0 aliphatic rings. The molecule has 106 valence electrons. The lowest BCUT2D eigenvalue weighted by Gasteiger charge is -2.11. The van der Waals surface area contributed by atoms with Crippen molar-refractivity contribution in [2.75, 3.05) is 12.8 Å². The number of aliphatic hydroxyl groups excluding tert-OH is 1. The summed E-state index contributed by atoms with van der Waals surface area (Å²) in [5, 5.41) is 12.0. The molecule has 1 aromatic rings. The minimum absolute atomic E-state index is 0.110. The van der Waals surface area contributed by atoms with E-state index in [0.717, 1.165) is 6.26 Å². The highest BCUT2D eigenvalue weighted by atomic mass is 32.2. The van der Waals surface area contributed by atoms with Crippen LogP contribution < -0.4 is 5.32 Å². The van der Waals surface area contributed by atoms with Gasteiger partial charge in [0.25, 0.3) is 5.91 Å². The van der Waals surface area contributed by atoms with Crippen LogP contribution in [0.5, 0.6) is 0 Å². The van der Waals surface area contributed by atoms with Crippen molar-refractivity contribution in [3.8, 4) is 0 Å². The summed E-state index contributed by atoms with van der Waals surface area (Å²) in [4.78, 5) is 12.1. The van der Waals surface area contributed by atoms with Gasteiger partial charge in [0, 0.05) is 18.4 Å². The average molecular weight is 285 g/mol. The molecule has 1 aromatic carbocycles. The first kappa shape index (κ1) is 15.7. The van der Waals surface area contributed by atoms with E-state index in [1.54, 1.807) is 13.0 Å². The second-order valence-corrected chi connectivity index (χ2v) is 6.54. The summed E-state index contributed by atoms with van der Waals surface area (Å²) in [7, 11) is -3.34. The number of amides is 1. The van der Waals surface area contributed by atoms with Crippen molar-refractivity contribution < 1.29 is 18.3 Å². The van der Waals surface area contributed by atoms with Crippen molar-refractivity contribution in [3.63, 3.8) is 0 Å². The number of benzene rings is 1. The molecule has 0 spiro atoms.